The molecule has 2 atom stereocenters. The maximum atomic E-state index is 12.8. The number of carbonyl (C=O) groups is 2. The molecule has 0 radical (unpaired) electrons. The van der Waals surface area contributed by atoms with Crippen molar-refractivity contribution in [2.45, 2.75) is 52.0 Å². The van der Waals surface area contributed by atoms with Crippen molar-refractivity contribution < 1.29 is 22.7 Å². The zero-order chi connectivity index (χ0) is 20.8. The van der Waals surface area contributed by atoms with Crippen LogP contribution in [0.2, 0.25) is 0 Å². The zero-order valence-electron chi connectivity index (χ0n) is 16.9. The molecular formula is C19H30N2O5S. The highest BCUT2D eigenvalue weighted by atomic mass is 32.2. The van der Waals surface area contributed by atoms with E-state index < -0.39 is 27.9 Å². The summed E-state index contributed by atoms with van der Waals surface area (Å²) in [5.41, 5.74) is 0.846. The van der Waals surface area contributed by atoms with E-state index in [1.54, 1.807) is 26.8 Å². The van der Waals surface area contributed by atoms with E-state index in [1.807, 2.05) is 13.8 Å². The molecule has 0 saturated heterocycles. The van der Waals surface area contributed by atoms with Crippen LogP contribution in [-0.4, -0.2) is 50.8 Å². The molecule has 0 saturated carbocycles. The quantitative estimate of drug-likeness (QED) is 0.645. The number of sulfonamides is 1. The highest BCUT2D eigenvalue weighted by Crippen LogP contribution is 2.20. The van der Waals surface area contributed by atoms with E-state index in [9.17, 15) is 18.0 Å². The van der Waals surface area contributed by atoms with Gasteiger partial charge in [0.1, 0.15) is 6.04 Å². The van der Waals surface area contributed by atoms with Gasteiger partial charge in [0.05, 0.1) is 12.0 Å². The van der Waals surface area contributed by atoms with E-state index in [-0.39, 0.29) is 16.4 Å². The maximum Gasteiger partial charge on any atom is 0.328 e. The first kappa shape index (κ1) is 23.1. The van der Waals surface area contributed by atoms with Gasteiger partial charge in [0.2, 0.25) is 10.0 Å². The highest BCUT2D eigenvalue weighted by molar-refractivity contribution is 7.89. The summed E-state index contributed by atoms with van der Waals surface area (Å²) in [7, 11) is -2.41. The molecule has 0 aliphatic carbocycles. The van der Waals surface area contributed by atoms with Crippen LogP contribution in [0, 0.1) is 12.8 Å². The lowest BCUT2D eigenvalue weighted by Gasteiger charge is -2.23. The van der Waals surface area contributed by atoms with Gasteiger partial charge in [-0.3, -0.25) is 4.79 Å². The fourth-order valence-corrected chi connectivity index (χ4v) is 4.22. The Kier molecular flexibility index (Phi) is 8.43. The average Bonchev–Trinajstić information content (AvgIpc) is 2.65. The molecule has 27 heavy (non-hydrogen) atoms. The van der Waals surface area contributed by atoms with Gasteiger partial charge in [0.25, 0.3) is 5.91 Å². The van der Waals surface area contributed by atoms with Crippen LogP contribution in [0.1, 0.15) is 50.0 Å². The molecule has 1 aromatic carbocycles. The Balaban J connectivity index is 3.26. The predicted molar refractivity (Wildman–Crippen MR) is 104 cm³/mol. The number of esters is 1. The van der Waals surface area contributed by atoms with E-state index in [0.717, 1.165) is 0 Å². The molecule has 0 unspecified atom stereocenters. The number of benzene rings is 1. The first-order chi connectivity index (χ1) is 12.6. The van der Waals surface area contributed by atoms with Gasteiger partial charge in [-0.05, 0) is 30.5 Å². The average molecular weight is 399 g/mol. The number of nitrogens with zero attached hydrogens (tertiary/aromatic N) is 1. The minimum atomic E-state index is -3.68. The van der Waals surface area contributed by atoms with Gasteiger partial charge in [-0.1, -0.05) is 40.2 Å². The molecule has 1 rings (SSSR count). The van der Waals surface area contributed by atoms with E-state index in [2.05, 4.69) is 5.32 Å². The number of methoxy groups -OCH3 is 1. The second-order valence-electron chi connectivity index (χ2n) is 6.43. The molecule has 0 aromatic heterocycles. The SMILES string of the molecule is CC[C@@H](C)[C@@H](NC(=O)c1cc(S(=O)(=O)N(CC)CC)ccc1C)C(=O)OC. The number of carbonyl (C=O) groups excluding carboxylic acids is 2. The molecule has 0 aliphatic heterocycles. The molecule has 0 fully saturated rings. The fourth-order valence-electron chi connectivity index (χ4n) is 2.73. The van der Waals surface area contributed by atoms with Gasteiger partial charge in [-0.2, -0.15) is 4.31 Å². The Hall–Kier alpha value is -1.93. The van der Waals surface area contributed by atoms with Crippen molar-refractivity contribution in [3.63, 3.8) is 0 Å². The molecule has 1 N–H and O–H groups in total. The minimum absolute atomic E-state index is 0.0557. The first-order valence-corrected chi connectivity index (χ1v) is 10.6. The second-order valence-corrected chi connectivity index (χ2v) is 8.36. The largest absolute Gasteiger partial charge is 0.467 e. The van der Waals surface area contributed by atoms with Crippen LogP contribution in [0.25, 0.3) is 0 Å². The van der Waals surface area contributed by atoms with Gasteiger partial charge in [-0.25, -0.2) is 13.2 Å². The highest BCUT2D eigenvalue weighted by Gasteiger charge is 2.29. The van der Waals surface area contributed by atoms with Crippen LogP contribution in [-0.2, 0) is 19.6 Å². The Morgan fingerprint density at radius 2 is 1.78 bits per heavy atom. The normalized spacial score (nSPS) is 13.9. The summed E-state index contributed by atoms with van der Waals surface area (Å²) in [6.07, 6.45) is 0.676. The summed E-state index contributed by atoms with van der Waals surface area (Å²) >= 11 is 0. The third kappa shape index (κ3) is 5.29. The molecule has 152 valence electrons. The summed E-state index contributed by atoms with van der Waals surface area (Å²) in [4.78, 5) is 24.9. The Labute approximate surface area is 162 Å². The summed E-state index contributed by atoms with van der Waals surface area (Å²) < 4.78 is 31.6. The summed E-state index contributed by atoms with van der Waals surface area (Å²) in [6, 6.07) is 3.66. The van der Waals surface area contributed by atoms with Crippen molar-refractivity contribution in [1.82, 2.24) is 9.62 Å². The van der Waals surface area contributed by atoms with Crippen molar-refractivity contribution in [2.24, 2.45) is 5.92 Å². The van der Waals surface area contributed by atoms with E-state index in [4.69, 9.17) is 4.74 Å². The molecule has 8 heteroatoms. The van der Waals surface area contributed by atoms with Gasteiger partial charge < -0.3 is 10.1 Å². The van der Waals surface area contributed by atoms with E-state index >= 15 is 0 Å². The van der Waals surface area contributed by atoms with Crippen molar-refractivity contribution >= 4 is 21.9 Å². The van der Waals surface area contributed by atoms with Crippen LogP contribution < -0.4 is 5.32 Å². The Bertz CT molecular complexity index is 772. The molecule has 0 heterocycles. The van der Waals surface area contributed by atoms with Crippen LogP contribution >= 0.6 is 0 Å². The molecule has 1 amide bonds. The molecule has 0 aliphatic rings. The Morgan fingerprint density at radius 1 is 1.19 bits per heavy atom. The maximum absolute atomic E-state index is 12.8. The lowest BCUT2D eigenvalue weighted by molar-refractivity contribution is -0.144. The smallest absolute Gasteiger partial charge is 0.328 e. The lowest BCUT2D eigenvalue weighted by atomic mass is 9.98. The molecular weight excluding hydrogens is 368 g/mol. The number of hydrogen-bond acceptors (Lipinski definition) is 5. The topological polar surface area (TPSA) is 92.8 Å². The van der Waals surface area contributed by atoms with E-state index in [0.29, 0.717) is 25.1 Å². The van der Waals surface area contributed by atoms with Crippen LogP contribution in [0.5, 0.6) is 0 Å². The third-order valence-corrected chi connectivity index (χ3v) is 6.80. The van der Waals surface area contributed by atoms with Crippen LogP contribution in [0.3, 0.4) is 0 Å². The third-order valence-electron chi connectivity index (χ3n) is 4.75. The van der Waals surface area contributed by atoms with Crippen LogP contribution in [0.4, 0.5) is 0 Å². The van der Waals surface area contributed by atoms with Gasteiger partial charge in [0.15, 0.2) is 0 Å². The fraction of sp³-hybridized carbons (Fsp3) is 0.579. The standard InChI is InChI=1S/C19H30N2O5S/c1-7-13(4)17(19(23)26-6)20-18(22)16-12-15(11-10-14(16)5)27(24,25)21(8-2)9-3/h10-13,17H,7-9H2,1-6H3,(H,20,22)/t13-,17-/m1/s1. The minimum Gasteiger partial charge on any atom is -0.467 e. The van der Waals surface area contributed by atoms with Gasteiger partial charge in [0, 0.05) is 18.7 Å². The summed E-state index contributed by atoms with van der Waals surface area (Å²) in [5.74, 6) is -1.15. The molecule has 7 nitrogen and oxygen atoms in total. The summed E-state index contributed by atoms with van der Waals surface area (Å²) in [6.45, 7) is 9.68. The summed E-state index contributed by atoms with van der Waals surface area (Å²) in [5, 5.41) is 2.69. The molecule has 0 spiro atoms. The Morgan fingerprint density at radius 3 is 2.26 bits per heavy atom. The first-order valence-electron chi connectivity index (χ1n) is 9.13. The van der Waals surface area contributed by atoms with Crippen molar-refractivity contribution in [1.29, 1.82) is 0 Å². The number of amides is 1. The van der Waals surface area contributed by atoms with Crippen molar-refractivity contribution in [3.05, 3.63) is 29.3 Å². The lowest BCUT2D eigenvalue weighted by Crippen LogP contribution is -2.45. The van der Waals surface area contributed by atoms with Crippen LogP contribution in [0.15, 0.2) is 23.1 Å². The van der Waals surface area contributed by atoms with Gasteiger partial charge >= 0.3 is 5.97 Å². The van der Waals surface area contributed by atoms with Gasteiger partial charge in [-0.15, -0.1) is 0 Å². The number of aryl methyl sites for hydroxylation is 1. The molecule has 0 bridgehead atoms. The monoisotopic (exact) mass is 398 g/mol. The zero-order valence-corrected chi connectivity index (χ0v) is 17.7. The van der Waals surface area contributed by atoms with Crippen molar-refractivity contribution in [3.8, 4) is 0 Å². The number of nitrogens with one attached hydrogen (secondary N) is 1. The predicted octanol–water partition coefficient (Wildman–Crippen LogP) is 2.34. The second kappa shape index (κ2) is 9.85. The molecule has 1 aromatic rings. The number of hydrogen-bond donors (Lipinski definition) is 1. The number of rotatable bonds is 9. The van der Waals surface area contributed by atoms with E-state index in [1.165, 1.54) is 23.5 Å². The number of ether oxygens (including phenoxy) is 1. The van der Waals surface area contributed by atoms with Crippen molar-refractivity contribution in [2.75, 3.05) is 20.2 Å².